The Labute approximate surface area is 66.7 Å². The smallest absolute Gasteiger partial charge is 0.140 e. The molecule has 0 aliphatic heterocycles. The van der Waals surface area contributed by atoms with Gasteiger partial charge in [-0.05, 0) is 6.92 Å². The molecule has 0 fully saturated rings. The number of hydrogen-bond acceptors (Lipinski definition) is 2. The predicted octanol–water partition coefficient (Wildman–Crippen LogP) is 0.538. The second-order valence-corrected chi connectivity index (χ2v) is 3.05. The number of hydrogen-bond donors (Lipinski definition) is 0. The minimum atomic E-state index is 0.920. The highest BCUT2D eigenvalue weighted by atomic mass is 31.0. The predicted molar refractivity (Wildman–Crippen MR) is 47.1 cm³/mol. The van der Waals surface area contributed by atoms with Gasteiger partial charge in [-0.1, -0.05) is 9.24 Å². The first-order valence-electron chi connectivity index (χ1n) is 3.32. The van der Waals surface area contributed by atoms with Gasteiger partial charge in [-0.25, -0.2) is 9.97 Å². The number of nitrogens with zero attached hydrogens (tertiary/aromatic N) is 3. The number of fused-ring (bicyclic) bond motifs is 1. The van der Waals surface area contributed by atoms with Crippen molar-refractivity contribution in [1.82, 2.24) is 14.4 Å². The largest absolute Gasteiger partial charge is 0.290 e. The summed E-state index contributed by atoms with van der Waals surface area (Å²) in [7, 11) is 2.55. The highest BCUT2D eigenvalue weighted by molar-refractivity contribution is 7.26. The molecule has 2 aromatic rings. The topological polar surface area (TPSA) is 30.2 Å². The molecule has 2 heterocycles. The van der Waals surface area contributed by atoms with Crippen LogP contribution in [0.25, 0.3) is 5.65 Å². The molecule has 0 saturated heterocycles. The fourth-order valence-electron chi connectivity index (χ4n) is 1.03. The Hall–Kier alpha value is -0.950. The molecule has 56 valence electrons. The summed E-state index contributed by atoms with van der Waals surface area (Å²) in [5.41, 5.74) is 2.88. The van der Waals surface area contributed by atoms with Gasteiger partial charge in [0.15, 0.2) is 0 Å². The summed E-state index contributed by atoms with van der Waals surface area (Å²) >= 11 is 0. The third-order valence-corrected chi connectivity index (χ3v) is 1.81. The van der Waals surface area contributed by atoms with Crippen LogP contribution in [0, 0.1) is 6.92 Å². The lowest BCUT2D eigenvalue weighted by molar-refractivity contribution is 1.10. The molecule has 2 aromatic heterocycles. The van der Waals surface area contributed by atoms with Crippen molar-refractivity contribution in [2.75, 3.05) is 0 Å². The van der Waals surface area contributed by atoms with Crippen molar-refractivity contribution >= 4 is 20.3 Å². The third-order valence-electron chi connectivity index (χ3n) is 1.49. The van der Waals surface area contributed by atoms with Crippen LogP contribution in [0.3, 0.4) is 0 Å². The summed E-state index contributed by atoms with van der Waals surface area (Å²) in [6.45, 7) is 1.97. The number of rotatable bonds is 0. The Bertz CT molecular complexity index is 393. The Morgan fingerprint density at radius 2 is 2.36 bits per heavy atom. The van der Waals surface area contributed by atoms with E-state index in [0.29, 0.717) is 0 Å². The van der Waals surface area contributed by atoms with Crippen LogP contribution >= 0.6 is 9.24 Å². The maximum atomic E-state index is 4.28. The molecule has 0 aliphatic carbocycles. The van der Waals surface area contributed by atoms with E-state index in [-0.39, 0.29) is 0 Å². The van der Waals surface area contributed by atoms with Crippen LogP contribution in [0.5, 0.6) is 0 Å². The van der Waals surface area contributed by atoms with Crippen LogP contribution < -0.4 is 5.44 Å². The van der Waals surface area contributed by atoms with Gasteiger partial charge < -0.3 is 0 Å². The molecule has 0 aromatic carbocycles. The van der Waals surface area contributed by atoms with Crippen molar-refractivity contribution < 1.29 is 0 Å². The van der Waals surface area contributed by atoms with E-state index in [1.165, 1.54) is 0 Å². The summed E-state index contributed by atoms with van der Waals surface area (Å²) in [6.07, 6.45) is 3.71. The second-order valence-electron chi connectivity index (χ2n) is 2.46. The second kappa shape index (κ2) is 2.28. The Morgan fingerprint density at radius 1 is 1.55 bits per heavy atom. The summed E-state index contributed by atoms with van der Waals surface area (Å²) in [5.74, 6) is 0. The molecular weight excluding hydrogens is 157 g/mol. The van der Waals surface area contributed by atoms with Crippen molar-refractivity contribution in [3.63, 3.8) is 0 Å². The van der Waals surface area contributed by atoms with Crippen LogP contribution in [0.1, 0.15) is 5.69 Å². The van der Waals surface area contributed by atoms with Gasteiger partial charge in [0.1, 0.15) is 12.0 Å². The van der Waals surface area contributed by atoms with Crippen molar-refractivity contribution in [3.8, 4) is 0 Å². The molecule has 0 amide bonds. The molecule has 3 nitrogen and oxygen atoms in total. The van der Waals surface area contributed by atoms with Crippen molar-refractivity contribution in [1.29, 1.82) is 0 Å². The normalized spacial score (nSPS) is 10.7. The van der Waals surface area contributed by atoms with Crippen molar-refractivity contribution in [3.05, 3.63) is 24.3 Å². The Balaban J connectivity index is 2.82. The number of imidazole rings is 1. The van der Waals surface area contributed by atoms with Crippen LogP contribution in [0.4, 0.5) is 0 Å². The average molecular weight is 165 g/mol. The van der Waals surface area contributed by atoms with E-state index in [1.54, 1.807) is 6.33 Å². The van der Waals surface area contributed by atoms with Gasteiger partial charge in [0.05, 0.1) is 11.1 Å². The molecule has 2 rings (SSSR count). The Morgan fingerprint density at radius 3 is 3.18 bits per heavy atom. The highest BCUT2D eigenvalue weighted by Gasteiger charge is 1.96. The van der Waals surface area contributed by atoms with E-state index in [0.717, 1.165) is 16.8 Å². The van der Waals surface area contributed by atoms with Crippen LogP contribution in [0.15, 0.2) is 18.6 Å². The molecule has 0 N–H and O–H groups in total. The molecule has 0 saturated carbocycles. The molecule has 0 spiro atoms. The fourth-order valence-corrected chi connectivity index (χ4v) is 1.25. The van der Waals surface area contributed by atoms with E-state index in [9.17, 15) is 0 Å². The van der Waals surface area contributed by atoms with Gasteiger partial charge in [0.2, 0.25) is 0 Å². The maximum Gasteiger partial charge on any atom is 0.140 e. The van der Waals surface area contributed by atoms with Gasteiger partial charge in [0.25, 0.3) is 0 Å². The van der Waals surface area contributed by atoms with Crippen molar-refractivity contribution in [2.24, 2.45) is 0 Å². The zero-order valence-electron chi connectivity index (χ0n) is 6.15. The first-order chi connectivity index (χ1) is 5.25. The molecule has 11 heavy (non-hydrogen) atoms. The van der Waals surface area contributed by atoms with E-state index < -0.39 is 0 Å². The molecule has 0 aliphatic rings. The average Bonchev–Trinajstić information content (AvgIpc) is 2.27. The van der Waals surface area contributed by atoms with Gasteiger partial charge in [-0.15, -0.1) is 0 Å². The minimum absolute atomic E-state index is 0.920. The van der Waals surface area contributed by atoms with E-state index >= 15 is 0 Å². The molecular formula is C7H8N3P. The monoisotopic (exact) mass is 165 g/mol. The molecule has 0 radical (unpaired) electrons. The van der Waals surface area contributed by atoms with Crippen molar-refractivity contribution in [2.45, 2.75) is 6.92 Å². The summed E-state index contributed by atoms with van der Waals surface area (Å²) in [5, 5.41) is 0. The SMILES string of the molecule is Cc1cn2cnc(P)cc2n1. The number of aryl methyl sites for hydroxylation is 1. The minimum Gasteiger partial charge on any atom is -0.290 e. The summed E-state index contributed by atoms with van der Waals surface area (Å²) in [4.78, 5) is 8.39. The summed E-state index contributed by atoms with van der Waals surface area (Å²) in [6, 6.07) is 1.93. The van der Waals surface area contributed by atoms with Crippen LogP contribution in [-0.2, 0) is 0 Å². The van der Waals surface area contributed by atoms with E-state index in [2.05, 4.69) is 19.2 Å². The lowest BCUT2D eigenvalue weighted by Gasteiger charge is -1.91. The maximum absolute atomic E-state index is 4.28. The Kier molecular flexibility index (Phi) is 1.40. The molecule has 0 bridgehead atoms. The van der Waals surface area contributed by atoms with E-state index in [4.69, 9.17) is 0 Å². The lowest BCUT2D eigenvalue weighted by Crippen LogP contribution is -1.98. The highest BCUT2D eigenvalue weighted by Crippen LogP contribution is 2.00. The van der Waals surface area contributed by atoms with Gasteiger partial charge >= 0.3 is 0 Å². The quantitative estimate of drug-likeness (QED) is 0.533. The lowest BCUT2D eigenvalue weighted by atomic mass is 10.6. The fraction of sp³-hybridized carbons (Fsp3) is 0.143. The van der Waals surface area contributed by atoms with Gasteiger partial charge in [0, 0.05) is 12.3 Å². The third kappa shape index (κ3) is 1.12. The number of aromatic nitrogens is 3. The zero-order valence-corrected chi connectivity index (χ0v) is 7.31. The van der Waals surface area contributed by atoms with Gasteiger partial charge in [-0.3, -0.25) is 4.40 Å². The van der Waals surface area contributed by atoms with E-state index in [1.807, 2.05) is 23.6 Å². The van der Waals surface area contributed by atoms with Crippen LogP contribution in [0.2, 0.25) is 0 Å². The zero-order chi connectivity index (χ0) is 7.84. The molecule has 1 unspecified atom stereocenters. The standard InChI is InChI=1S/C7H8N3P/c1-5-3-10-4-8-7(11)2-6(10)9-5/h2-4H,11H2,1H3. The van der Waals surface area contributed by atoms with Crippen LogP contribution in [-0.4, -0.2) is 14.4 Å². The van der Waals surface area contributed by atoms with Gasteiger partial charge in [-0.2, -0.15) is 0 Å². The first kappa shape index (κ1) is 6.74. The molecule has 1 atom stereocenters. The molecule has 4 heteroatoms. The summed E-state index contributed by atoms with van der Waals surface area (Å²) < 4.78 is 1.91. The first-order valence-corrected chi connectivity index (χ1v) is 3.90.